The lowest BCUT2D eigenvalue weighted by molar-refractivity contribution is 0.253. The van der Waals surface area contributed by atoms with Crippen LogP contribution in [0.15, 0.2) is 76.1 Å². The van der Waals surface area contributed by atoms with Gasteiger partial charge in [0, 0.05) is 22.9 Å². The molecule has 1 fully saturated rings. The third-order valence-corrected chi connectivity index (χ3v) is 5.64. The van der Waals surface area contributed by atoms with E-state index in [-0.39, 0.29) is 11.1 Å². The van der Waals surface area contributed by atoms with Crippen LogP contribution in [0.5, 0.6) is 0 Å². The first-order valence-electron chi connectivity index (χ1n) is 9.25. The summed E-state index contributed by atoms with van der Waals surface area (Å²) in [6, 6.07) is 19.9. The molecule has 134 valence electrons. The number of H-pyrrole nitrogens is 1. The number of hydrogen-bond acceptors (Lipinski definition) is 3. The fourth-order valence-corrected chi connectivity index (χ4v) is 3.94. The Kier molecular flexibility index (Phi) is 3.55. The maximum absolute atomic E-state index is 12.5. The standard InChI is InChI=1S/C23H20N2O2/c24-23(12-4-13-23)17-9-7-16(8-10-17)21-19(15-5-2-1-3-6-15)20-18(27-21)11-14-25-22(20)26/h1-3,5-11,14H,4,12-13,24H2,(H,25,26). The first-order valence-corrected chi connectivity index (χ1v) is 9.25. The first-order chi connectivity index (χ1) is 13.2. The van der Waals surface area contributed by atoms with Crippen molar-refractivity contribution in [1.29, 1.82) is 0 Å². The fraction of sp³-hybridized carbons (Fsp3) is 0.174. The van der Waals surface area contributed by atoms with Gasteiger partial charge in [0.25, 0.3) is 5.56 Å². The summed E-state index contributed by atoms with van der Waals surface area (Å²) in [6.07, 6.45) is 4.86. The van der Waals surface area contributed by atoms with E-state index in [9.17, 15) is 4.79 Å². The summed E-state index contributed by atoms with van der Waals surface area (Å²) in [6.45, 7) is 0. The molecule has 1 aliphatic rings. The Bertz CT molecular complexity index is 1170. The molecular formula is C23H20N2O2. The summed E-state index contributed by atoms with van der Waals surface area (Å²) in [5, 5.41) is 0.581. The van der Waals surface area contributed by atoms with Gasteiger partial charge in [-0.2, -0.15) is 0 Å². The van der Waals surface area contributed by atoms with Gasteiger partial charge in [0.15, 0.2) is 0 Å². The van der Waals surface area contributed by atoms with E-state index in [1.807, 2.05) is 42.5 Å². The van der Waals surface area contributed by atoms with Gasteiger partial charge in [-0.15, -0.1) is 0 Å². The number of hydrogen-bond donors (Lipinski definition) is 2. The van der Waals surface area contributed by atoms with Gasteiger partial charge >= 0.3 is 0 Å². The largest absolute Gasteiger partial charge is 0.455 e. The van der Waals surface area contributed by atoms with Gasteiger partial charge in [0.05, 0.1) is 5.39 Å². The Labute approximate surface area is 156 Å². The van der Waals surface area contributed by atoms with E-state index >= 15 is 0 Å². The van der Waals surface area contributed by atoms with Crippen molar-refractivity contribution >= 4 is 11.0 Å². The Hall–Kier alpha value is -3.11. The van der Waals surface area contributed by atoms with Crippen molar-refractivity contribution in [2.24, 2.45) is 5.73 Å². The van der Waals surface area contributed by atoms with Crippen molar-refractivity contribution in [3.8, 4) is 22.5 Å². The predicted molar refractivity (Wildman–Crippen MR) is 107 cm³/mol. The minimum absolute atomic E-state index is 0.145. The molecule has 1 aliphatic carbocycles. The number of furan rings is 1. The quantitative estimate of drug-likeness (QED) is 0.554. The summed E-state index contributed by atoms with van der Waals surface area (Å²) < 4.78 is 6.14. The number of rotatable bonds is 3. The Morgan fingerprint density at radius 2 is 1.67 bits per heavy atom. The molecule has 2 aromatic heterocycles. The van der Waals surface area contributed by atoms with E-state index in [1.54, 1.807) is 12.3 Å². The molecule has 0 unspecified atom stereocenters. The summed E-state index contributed by atoms with van der Waals surface area (Å²) in [5.74, 6) is 0.708. The van der Waals surface area contributed by atoms with Crippen molar-refractivity contribution in [2.45, 2.75) is 24.8 Å². The van der Waals surface area contributed by atoms with Gasteiger partial charge in [-0.05, 0) is 36.5 Å². The number of benzene rings is 2. The second-order valence-electron chi connectivity index (χ2n) is 7.31. The number of aromatic nitrogens is 1. The van der Waals surface area contributed by atoms with E-state index in [0.717, 1.165) is 35.1 Å². The summed E-state index contributed by atoms with van der Waals surface area (Å²) in [4.78, 5) is 15.3. The number of fused-ring (bicyclic) bond motifs is 1. The lowest BCUT2D eigenvalue weighted by atomic mass is 9.72. The van der Waals surface area contributed by atoms with E-state index in [0.29, 0.717) is 16.7 Å². The normalized spacial score (nSPS) is 15.6. The molecule has 0 saturated heterocycles. The number of nitrogens with one attached hydrogen (secondary N) is 1. The first kappa shape index (κ1) is 16.1. The van der Waals surface area contributed by atoms with Gasteiger partial charge < -0.3 is 15.1 Å². The molecule has 4 aromatic rings. The monoisotopic (exact) mass is 356 g/mol. The summed E-state index contributed by atoms with van der Waals surface area (Å²) >= 11 is 0. The molecule has 1 saturated carbocycles. The second-order valence-corrected chi connectivity index (χ2v) is 7.31. The highest BCUT2D eigenvalue weighted by atomic mass is 16.3. The van der Waals surface area contributed by atoms with E-state index in [4.69, 9.17) is 10.2 Å². The van der Waals surface area contributed by atoms with Crippen LogP contribution in [0.3, 0.4) is 0 Å². The van der Waals surface area contributed by atoms with Crippen molar-refractivity contribution in [3.05, 3.63) is 82.8 Å². The van der Waals surface area contributed by atoms with Crippen LogP contribution in [0.2, 0.25) is 0 Å². The van der Waals surface area contributed by atoms with Gasteiger partial charge in [0.1, 0.15) is 11.3 Å². The van der Waals surface area contributed by atoms with E-state index < -0.39 is 0 Å². The van der Waals surface area contributed by atoms with Crippen molar-refractivity contribution in [1.82, 2.24) is 4.98 Å². The average Bonchev–Trinajstić information content (AvgIpc) is 3.08. The highest BCUT2D eigenvalue weighted by molar-refractivity contribution is 6.01. The van der Waals surface area contributed by atoms with Gasteiger partial charge in [-0.1, -0.05) is 54.6 Å². The second kappa shape index (κ2) is 5.96. The predicted octanol–water partition coefficient (Wildman–Crippen LogP) is 4.79. The molecule has 3 N–H and O–H groups in total. The molecule has 5 rings (SSSR count). The van der Waals surface area contributed by atoms with E-state index in [2.05, 4.69) is 17.1 Å². The lowest BCUT2D eigenvalue weighted by Gasteiger charge is -2.38. The third-order valence-electron chi connectivity index (χ3n) is 5.64. The third kappa shape index (κ3) is 2.53. The topological polar surface area (TPSA) is 72.0 Å². The van der Waals surface area contributed by atoms with Crippen molar-refractivity contribution < 1.29 is 4.42 Å². The minimum Gasteiger partial charge on any atom is -0.455 e. The molecule has 4 nitrogen and oxygen atoms in total. The molecule has 0 atom stereocenters. The molecule has 0 radical (unpaired) electrons. The SMILES string of the molecule is NC1(c2ccc(-c3oc4cc[nH]c(=O)c4c3-c3ccccc3)cc2)CCC1. The number of nitrogens with two attached hydrogens (primary N) is 1. The molecule has 0 amide bonds. The Balaban J connectivity index is 1.71. The molecule has 0 spiro atoms. The average molecular weight is 356 g/mol. The van der Waals surface area contributed by atoms with Crippen LogP contribution in [-0.2, 0) is 5.54 Å². The van der Waals surface area contributed by atoms with E-state index in [1.165, 1.54) is 6.42 Å². The number of pyridine rings is 1. The van der Waals surface area contributed by atoms with Crippen LogP contribution in [-0.4, -0.2) is 4.98 Å². The van der Waals surface area contributed by atoms with Crippen molar-refractivity contribution in [2.75, 3.05) is 0 Å². The zero-order valence-electron chi connectivity index (χ0n) is 14.9. The van der Waals surface area contributed by atoms with Crippen molar-refractivity contribution in [3.63, 3.8) is 0 Å². The van der Waals surface area contributed by atoms with Gasteiger partial charge in [-0.25, -0.2) is 0 Å². The zero-order valence-corrected chi connectivity index (χ0v) is 14.9. The van der Waals surface area contributed by atoms with Crippen LogP contribution >= 0.6 is 0 Å². The van der Waals surface area contributed by atoms with Crippen LogP contribution in [0.1, 0.15) is 24.8 Å². The molecule has 0 bridgehead atoms. The minimum atomic E-state index is -0.189. The summed E-state index contributed by atoms with van der Waals surface area (Å²) in [7, 11) is 0. The Morgan fingerprint density at radius 3 is 2.33 bits per heavy atom. The molecular weight excluding hydrogens is 336 g/mol. The van der Waals surface area contributed by atoms with Crippen LogP contribution in [0.4, 0.5) is 0 Å². The fourth-order valence-electron chi connectivity index (χ4n) is 3.94. The molecule has 2 heterocycles. The molecule has 2 aromatic carbocycles. The smallest absolute Gasteiger partial charge is 0.259 e. The van der Waals surface area contributed by atoms with Crippen LogP contribution < -0.4 is 11.3 Å². The lowest BCUT2D eigenvalue weighted by Crippen LogP contribution is -2.43. The maximum atomic E-state index is 12.5. The maximum Gasteiger partial charge on any atom is 0.259 e. The molecule has 27 heavy (non-hydrogen) atoms. The van der Waals surface area contributed by atoms with Crippen LogP contribution in [0, 0.1) is 0 Å². The highest BCUT2D eigenvalue weighted by Gasteiger charge is 2.34. The molecule has 4 heteroatoms. The van der Waals surface area contributed by atoms with Crippen LogP contribution in [0.25, 0.3) is 33.4 Å². The Morgan fingerprint density at radius 1 is 0.926 bits per heavy atom. The number of aromatic amines is 1. The van der Waals surface area contributed by atoms with Gasteiger partial charge in [-0.3, -0.25) is 4.79 Å². The summed E-state index contributed by atoms with van der Waals surface area (Å²) in [5.41, 5.74) is 10.6. The zero-order chi connectivity index (χ0) is 18.4. The van der Waals surface area contributed by atoms with Gasteiger partial charge in [0.2, 0.25) is 0 Å². The molecule has 0 aliphatic heterocycles. The highest BCUT2D eigenvalue weighted by Crippen LogP contribution is 2.42.